The van der Waals surface area contributed by atoms with Crippen LogP contribution in [0.15, 0.2) is 0 Å². The third-order valence-corrected chi connectivity index (χ3v) is 4.89. The summed E-state index contributed by atoms with van der Waals surface area (Å²) in [7, 11) is 0. The molecule has 1 N–H and O–H groups in total. The van der Waals surface area contributed by atoms with E-state index in [0.29, 0.717) is 25.7 Å². The summed E-state index contributed by atoms with van der Waals surface area (Å²) in [5, 5.41) is 2.86. The number of alkyl halides is 2. The normalized spacial score (nSPS) is 24.6. The van der Waals surface area contributed by atoms with Crippen LogP contribution in [-0.2, 0) is 9.59 Å². The molecule has 0 aromatic heterocycles. The molecule has 114 valence electrons. The van der Waals surface area contributed by atoms with Crippen LogP contribution in [-0.4, -0.2) is 40.8 Å². The molecule has 0 bridgehead atoms. The summed E-state index contributed by atoms with van der Waals surface area (Å²) >= 11 is 0. The molecule has 0 unspecified atom stereocenters. The fraction of sp³-hybridized carbons (Fsp3) is 0.857. The molecule has 2 fully saturated rings. The van der Waals surface area contributed by atoms with E-state index in [1.807, 2.05) is 0 Å². The van der Waals surface area contributed by atoms with Gasteiger partial charge in [0.25, 0.3) is 6.43 Å². The van der Waals surface area contributed by atoms with Gasteiger partial charge in [0.05, 0.1) is 6.54 Å². The van der Waals surface area contributed by atoms with E-state index in [4.69, 9.17) is 0 Å². The Kier molecular flexibility index (Phi) is 4.02. The maximum Gasteiger partial charge on any atom is 0.255 e. The quantitative estimate of drug-likeness (QED) is 0.861. The predicted molar refractivity (Wildman–Crippen MR) is 70.4 cm³/mol. The molecule has 2 aliphatic rings. The van der Waals surface area contributed by atoms with Crippen molar-refractivity contribution in [2.75, 3.05) is 6.54 Å². The standard InChI is InChI=1S/C14H22F2N2O2/c1-3-14(4-2)11(19)17-13(7-5-6-8-13)12(20)18(14)9-10(15)16/h10H,3-9H2,1-2H3,(H,17,19). The molecule has 0 aromatic carbocycles. The summed E-state index contributed by atoms with van der Waals surface area (Å²) < 4.78 is 25.8. The number of nitrogens with one attached hydrogen (secondary N) is 1. The van der Waals surface area contributed by atoms with Gasteiger partial charge in [0, 0.05) is 0 Å². The highest BCUT2D eigenvalue weighted by Crippen LogP contribution is 2.40. The summed E-state index contributed by atoms with van der Waals surface area (Å²) in [4.78, 5) is 26.4. The summed E-state index contributed by atoms with van der Waals surface area (Å²) in [6, 6.07) is 0. The molecule has 1 heterocycles. The van der Waals surface area contributed by atoms with Crippen LogP contribution in [0.5, 0.6) is 0 Å². The number of nitrogens with zero attached hydrogens (tertiary/aromatic N) is 1. The van der Waals surface area contributed by atoms with Crippen LogP contribution in [0, 0.1) is 0 Å². The van der Waals surface area contributed by atoms with Crippen LogP contribution >= 0.6 is 0 Å². The summed E-state index contributed by atoms with van der Waals surface area (Å²) in [5.41, 5.74) is -2.05. The lowest BCUT2D eigenvalue weighted by Gasteiger charge is -2.51. The molecule has 1 saturated heterocycles. The molecule has 1 spiro atoms. The van der Waals surface area contributed by atoms with Gasteiger partial charge >= 0.3 is 0 Å². The fourth-order valence-electron chi connectivity index (χ4n) is 3.63. The van der Waals surface area contributed by atoms with Gasteiger partial charge in [0.15, 0.2) is 0 Å². The van der Waals surface area contributed by atoms with E-state index in [9.17, 15) is 18.4 Å². The van der Waals surface area contributed by atoms with Gasteiger partial charge in [-0.1, -0.05) is 26.7 Å². The zero-order chi connectivity index (χ0) is 15.0. The number of hydrogen-bond donors (Lipinski definition) is 1. The number of hydrogen-bond acceptors (Lipinski definition) is 2. The molecule has 2 amide bonds. The van der Waals surface area contributed by atoms with Crippen LogP contribution in [0.3, 0.4) is 0 Å². The predicted octanol–water partition coefficient (Wildman–Crippen LogP) is 2.08. The minimum Gasteiger partial charge on any atom is -0.340 e. The zero-order valence-corrected chi connectivity index (χ0v) is 12.0. The average Bonchev–Trinajstić information content (AvgIpc) is 2.86. The summed E-state index contributed by atoms with van der Waals surface area (Å²) in [6.07, 6.45) is 0.885. The molecule has 1 saturated carbocycles. The van der Waals surface area contributed by atoms with E-state index in [-0.39, 0.29) is 11.8 Å². The van der Waals surface area contributed by atoms with Gasteiger partial charge in [-0.25, -0.2) is 8.78 Å². The average molecular weight is 288 g/mol. The number of carbonyl (C=O) groups is 2. The molecule has 20 heavy (non-hydrogen) atoms. The van der Waals surface area contributed by atoms with Gasteiger partial charge in [-0.15, -0.1) is 0 Å². The first-order chi connectivity index (χ1) is 9.42. The monoisotopic (exact) mass is 288 g/mol. The molecule has 4 nitrogen and oxygen atoms in total. The number of amides is 2. The second-order valence-electron chi connectivity index (χ2n) is 5.79. The van der Waals surface area contributed by atoms with E-state index in [1.165, 1.54) is 0 Å². The maximum atomic E-state index is 12.9. The van der Waals surface area contributed by atoms with Crippen LogP contribution in [0.4, 0.5) is 8.78 Å². The van der Waals surface area contributed by atoms with Gasteiger partial charge in [0.1, 0.15) is 11.1 Å². The molecule has 0 atom stereocenters. The number of halogens is 2. The molecule has 0 aromatic rings. The molecular weight excluding hydrogens is 266 g/mol. The number of carbonyl (C=O) groups excluding carboxylic acids is 2. The Morgan fingerprint density at radius 3 is 2.20 bits per heavy atom. The van der Waals surface area contributed by atoms with E-state index in [0.717, 1.165) is 17.7 Å². The first kappa shape index (κ1) is 15.2. The van der Waals surface area contributed by atoms with Crippen LogP contribution < -0.4 is 5.32 Å². The van der Waals surface area contributed by atoms with Gasteiger partial charge in [-0.2, -0.15) is 0 Å². The Hall–Kier alpha value is -1.20. The molecule has 0 radical (unpaired) electrons. The minimum atomic E-state index is -2.62. The highest BCUT2D eigenvalue weighted by atomic mass is 19.3. The largest absolute Gasteiger partial charge is 0.340 e. The SMILES string of the molecule is CCC1(CC)C(=O)NC2(CCCC2)C(=O)N1CC(F)F. The minimum absolute atomic E-state index is 0.273. The van der Waals surface area contributed by atoms with Crippen molar-refractivity contribution in [3.63, 3.8) is 0 Å². The first-order valence-electron chi connectivity index (χ1n) is 7.34. The van der Waals surface area contributed by atoms with Crippen molar-refractivity contribution >= 4 is 11.8 Å². The van der Waals surface area contributed by atoms with Gasteiger partial charge in [-0.3, -0.25) is 9.59 Å². The molecule has 2 rings (SSSR count). The number of rotatable bonds is 4. The van der Waals surface area contributed by atoms with E-state index in [2.05, 4.69) is 5.32 Å². The van der Waals surface area contributed by atoms with E-state index >= 15 is 0 Å². The summed E-state index contributed by atoms with van der Waals surface area (Å²) in [5.74, 6) is -0.594. The van der Waals surface area contributed by atoms with Crippen molar-refractivity contribution in [3.8, 4) is 0 Å². The highest BCUT2D eigenvalue weighted by molar-refractivity contribution is 6.02. The second-order valence-corrected chi connectivity index (χ2v) is 5.79. The fourth-order valence-corrected chi connectivity index (χ4v) is 3.63. The van der Waals surface area contributed by atoms with Crippen molar-refractivity contribution in [3.05, 3.63) is 0 Å². The van der Waals surface area contributed by atoms with E-state index in [1.54, 1.807) is 13.8 Å². The van der Waals surface area contributed by atoms with Crippen molar-refractivity contribution in [2.24, 2.45) is 0 Å². The molecule has 1 aliphatic heterocycles. The summed E-state index contributed by atoms with van der Waals surface area (Å²) in [6.45, 7) is 2.87. The third-order valence-electron chi connectivity index (χ3n) is 4.89. The zero-order valence-electron chi connectivity index (χ0n) is 12.0. The molecule has 1 aliphatic carbocycles. The lowest BCUT2D eigenvalue weighted by Crippen LogP contribution is -2.75. The maximum absolute atomic E-state index is 12.9. The number of piperazine rings is 1. The highest BCUT2D eigenvalue weighted by Gasteiger charge is 2.58. The van der Waals surface area contributed by atoms with Crippen molar-refractivity contribution < 1.29 is 18.4 Å². The molecule has 6 heteroatoms. The lowest BCUT2D eigenvalue weighted by atomic mass is 9.80. The van der Waals surface area contributed by atoms with Crippen LogP contribution in [0.2, 0.25) is 0 Å². The Morgan fingerprint density at radius 2 is 1.75 bits per heavy atom. The second kappa shape index (κ2) is 5.30. The Bertz CT molecular complexity index is 402. The van der Waals surface area contributed by atoms with Gasteiger partial charge in [0.2, 0.25) is 11.8 Å². The molecular formula is C14H22F2N2O2. The van der Waals surface area contributed by atoms with Gasteiger partial charge in [-0.05, 0) is 25.7 Å². The van der Waals surface area contributed by atoms with E-state index < -0.39 is 24.0 Å². The Labute approximate surface area is 117 Å². The van der Waals surface area contributed by atoms with Crippen LogP contribution in [0.25, 0.3) is 0 Å². The third kappa shape index (κ3) is 2.09. The lowest BCUT2D eigenvalue weighted by molar-refractivity contribution is -0.166. The topological polar surface area (TPSA) is 49.4 Å². The van der Waals surface area contributed by atoms with Gasteiger partial charge < -0.3 is 10.2 Å². The Balaban J connectivity index is 2.41. The van der Waals surface area contributed by atoms with Crippen molar-refractivity contribution in [2.45, 2.75) is 69.9 Å². The van der Waals surface area contributed by atoms with Crippen molar-refractivity contribution in [1.29, 1.82) is 0 Å². The van der Waals surface area contributed by atoms with Crippen LogP contribution in [0.1, 0.15) is 52.4 Å². The van der Waals surface area contributed by atoms with Crippen molar-refractivity contribution in [1.82, 2.24) is 10.2 Å². The smallest absolute Gasteiger partial charge is 0.255 e. The Morgan fingerprint density at radius 1 is 1.20 bits per heavy atom. The first-order valence-corrected chi connectivity index (χ1v) is 7.34.